The molecule has 2 aliphatic heterocycles. The standard InChI is InChI=1S/C23H16ClFN2O2S/c24-16-4-3-5-18(12-16)27-21(28)14-30-23(27)19-6-1-2-7-20(19)26(22(23)29)13-15-8-10-17(25)11-9-15/h1-12H,13-14H2/t23-/m0/s1. The fourth-order valence-electron chi connectivity index (χ4n) is 4.10. The predicted octanol–water partition coefficient (Wildman–Crippen LogP) is 4.96. The summed E-state index contributed by atoms with van der Waals surface area (Å²) in [4.78, 5) is 28.9. The van der Waals surface area contributed by atoms with Crippen molar-refractivity contribution in [1.29, 1.82) is 0 Å². The zero-order valence-corrected chi connectivity index (χ0v) is 17.3. The number of carbonyl (C=O) groups is 2. The van der Waals surface area contributed by atoms with Crippen molar-refractivity contribution in [3.05, 3.63) is 94.8 Å². The molecule has 0 unspecified atom stereocenters. The number of amides is 2. The van der Waals surface area contributed by atoms with Crippen molar-refractivity contribution in [3.8, 4) is 0 Å². The molecule has 3 aromatic carbocycles. The van der Waals surface area contributed by atoms with Gasteiger partial charge in [-0.1, -0.05) is 48.0 Å². The Kier molecular flexibility index (Phi) is 4.56. The SMILES string of the molecule is O=C1CS[C@@]2(C(=O)N(Cc3ccc(F)cc3)c3ccccc32)N1c1cccc(Cl)c1. The van der Waals surface area contributed by atoms with Gasteiger partial charge in [-0.25, -0.2) is 4.39 Å². The number of hydrogen-bond acceptors (Lipinski definition) is 3. The molecule has 0 aliphatic carbocycles. The van der Waals surface area contributed by atoms with E-state index in [2.05, 4.69) is 0 Å². The van der Waals surface area contributed by atoms with E-state index in [-0.39, 0.29) is 29.9 Å². The minimum atomic E-state index is -1.18. The highest BCUT2D eigenvalue weighted by atomic mass is 35.5. The van der Waals surface area contributed by atoms with Gasteiger partial charge in [0.1, 0.15) is 5.82 Å². The molecule has 0 aromatic heterocycles. The topological polar surface area (TPSA) is 40.6 Å². The third-order valence-electron chi connectivity index (χ3n) is 5.38. The average Bonchev–Trinajstić information content (AvgIpc) is 3.21. The molecule has 1 saturated heterocycles. The molecule has 2 aliphatic rings. The molecular formula is C23H16ClFN2O2S. The molecule has 1 atom stereocenters. The van der Waals surface area contributed by atoms with Gasteiger partial charge in [0.15, 0.2) is 0 Å². The molecule has 0 saturated carbocycles. The Morgan fingerprint density at radius 2 is 1.77 bits per heavy atom. The van der Waals surface area contributed by atoms with Gasteiger partial charge in [0.25, 0.3) is 5.91 Å². The Hall–Kier alpha value is -2.83. The van der Waals surface area contributed by atoms with Crippen LogP contribution in [0, 0.1) is 5.82 Å². The quantitative estimate of drug-likeness (QED) is 0.580. The summed E-state index contributed by atoms with van der Waals surface area (Å²) in [5, 5.41) is 0.495. The van der Waals surface area contributed by atoms with E-state index < -0.39 is 4.87 Å². The van der Waals surface area contributed by atoms with E-state index in [1.165, 1.54) is 23.9 Å². The lowest BCUT2D eigenvalue weighted by atomic mass is 10.0. The summed E-state index contributed by atoms with van der Waals surface area (Å²) in [5.74, 6) is -0.470. The van der Waals surface area contributed by atoms with Gasteiger partial charge in [-0.15, -0.1) is 11.8 Å². The second kappa shape index (κ2) is 7.15. The summed E-state index contributed by atoms with van der Waals surface area (Å²) >= 11 is 7.50. The van der Waals surface area contributed by atoms with Gasteiger partial charge in [0.05, 0.1) is 18.0 Å². The van der Waals surface area contributed by atoms with E-state index in [0.717, 1.165) is 16.8 Å². The largest absolute Gasteiger partial charge is 0.304 e. The van der Waals surface area contributed by atoms with Crippen LogP contribution >= 0.6 is 23.4 Å². The number of rotatable bonds is 3. The maximum absolute atomic E-state index is 13.9. The highest BCUT2D eigenvalue weighted by molar-refractivity contribution is 8.02. The van der Waals surface area contributed by atoms with Crippen LogP contribution in [0.25, 0.3) is 0 Å². The number of para-hydroxylation sites is 1. The molecule has 4 nitrogen and oxygen atoms in total. The van der Waals surface area contributed by atoms with E-state index in [0.29, 0.717) is 10.7 Å². The van der Waals surface area contributed by atoms with Crippen LogP contribution < -0.4 is 9.80 Å². The second-order valence-electron chi connectivity index (χ2n) is 7.18. The van der Waals surface area contributed by atoms with Crippen LogP contribution in [-0.2, 0) is 21.0 Å². The minimum Gasteiger partial charge on any atom is -0.304 e. The summed E-state index contributed by atoms with van der Waals surface area (Å²) in [5.41, 5.74) is 2.92. The van der Waals surface area contributed by atoms with Crippen molar-refractivity contribution < 1.29 is 14.0 Å². The summed E-state index contributed by atoms with van der Waals surface area (Å²) in [6.07, 6.45) is 0. The lowest BCUT2D eigenvalue weighted by Crippen LogP contribution is -2.49. The Bertz CT molecular complexity index is 1170. The van der Waals surface area contributed by atoms with Crippen LogP contribution in [0.3, 0.4) is 0 Å². The minimum absolute atomic E-state index is 0.144. The van der Waals surface area contributed by atoms with E-state index >= 15 is 0 Å². The summed E-state index contributed by atoms with van der Waals surface area (Å²) in [7, 11) is 0. The van der Waals surface area contributed by atoms with E-state index in [1.54, 1.807) is 46.2 Å². The van der Waals surface area contributed by atoms with E-state index in [1.807, 2.05) is 24.3 Å². The Labute approximate surface area is 182 Å². The first kappa shape index (κ1) is 19.2. The lowest BCUT2D eigenvalue weighted by molar-refractivity contribution is -0.123. The van der Waals surface area contributed by atoms with Gasteiger partial charge < -0.3 is 4.90 Å². The van der Waals surface area contributed by atoms with Crippen LogP contribution in [0.15, 0.2) is 72.8 Å². The van der Waals surface area contributed by atoms with Crippen molar-refractivity contribution in [2.75, 3.05) is 15.6 Å². The highest BCUT2D eigenvalue weighted by Gasteiger charge is 2.60. The van der Waals surface area contributed by atoms with Crippen LogP contribution in [-0.4, -0.2) is 17.6 Å². The zero-order chi connectivity index (χ0) is 20.9. The molecule has 7 heteroatoms. The molecule has 2 heterocycles. The Morgan fingerprint density at radius 3 is 2.53 bits per heavy atom. The highest BCUT2D eigenvalue weighted by Crippen LogP contribution is 2.56. The predicted molar refractivity (Wildman–Crippen MR) is 117 cm³/mol. The van der Waals surface area contributed by atoms with Gasteiger partial charge in [-0.05, 0) is 42.0 Å². The molecule has 30 heavy (non-hydrogen) atoms. The lowest BCUT2D eigenvalue weighted by Gasteiger charge is -2.33. The molecule has 3 aromatic rings. The van der Waals surface area contributed by atoms with E-state index in [4.69, 9.17) is 11.6 Å². The van der Waals surface area contributed by atoms with Crippen LogP contribution in [0.5, 0.6) is 0 Å². The van der Waals surface area contributed by atoms with Gasteiger partial charge in [-0.3, -0.25) is 14.5 Å². The van der Waals surface area contributed by atoms with Crippen molar-refractivity contribution in [2.45, 2.75) is 11.4 Å². The smallest absolute Gasteiger partial charge is 0.269 e. The molecule has 1 spiro atoms. The number of nitrogens with zero attached hydrogens (tertiary/aromatic N) is 2. The van der Waals surface area contributed by atoms with Crippen LogP contribution in [0.1, 0.15) is 11.1 Å². The first-order valence-electron chi connectivity index (χ1n) is 9.39. The molecule has 0 N–H and O–H groups in total. The van der Waals surface area contributed by atoms with Crippen molar-refractivity contribution in [3.63, 3.8) is 0 Å². The number of anilines is 2. The third-order valence-corrected chi connectivity index (χ3v) is 7.01. The number of halogens is 2. The normalized spacial score (nSPS) is 20.3. The molecule has 150 valence electrons. The maximum Gasteiger partial charge on any atom is 0.269 e. The first-order valence-corrected chi connectivity index (χ1v) is 10.8. The van der Waals surface area contributed by atoms with Crippen LogP contribution in [0.4, 0.5) is 15.8 Å². The van der Waals surface area contributed by atoms with Crippen molar-refractivity contribution in [2.24, 2.45) is 0 Å². The third kappa shape index (κ3) is 2.82. The van der Waals surface area contributed by atoms with Gasteiger partial charge in [0, 0.05) is 16.3 Å². The molecule has 0 bridgehead atoms. The summed E-state index contributed by atoms with van der Waals surface area (Å²) in [6, 6.07) is 20.6. The monoisotopic (exact) mass is 438 g/mol. The number of fused-ring (bicyclic) bond motifs is 2. The molecular weight excluding hydrogens is 423 g/mol. The molecule has 2 amide bonds. The summed E-state index contributed by atoms with van der Waals surface area (Å²) in [6.45, 7) is 0.288. The fourth-order valence-corrected chi connectivity index (χ4v) is 5.64. The van der Waals surface area contributed by atoms with Crippen molar-refractivity contribution in [1.82, 2.24) is 0 Å². The number of hydrogen-bond donors (Lipinski definition) is 0. The van der Waals surface area contributed by atoms with Crippen LogP contribution in [0.2, 0.25) is 5.02 Å². The zero-order valence-electron chi connectivity index (χ0n) is 15.7. The van der Waals surface area contributed by atoms with Gasteiger partial charge >= 0.3 is 0 Å². The molecule has 5 rings (SSSR count). The maximum atomic E-state index is 13.9. The Balaban J connectivity index is 1.64. The Morgan fingerprint density at radius 1 is 1.00 bits per heavy atom. The second-order valence-corrected chi connectivity index (χ2v) is 8.78. The van der Waals surface area contributed by atoms with E-state index in [9.17, 15) is 14.0 Å². The molecule has 1 fully saturated rings. The van der Waals surface area contributed by atoms with Crippen molar-refractivity contribution >= 4 is 46.6 Å². The number of carbonyl (C=O) groups excluding carboxylic acids is 2. The molecule has 0 radical (unpaired) electrons. The number of thioether (sulfide) groups is 1. The van der Waals surface area contributed by atoms with Gasteiger partial charge in [-0.2, -0.15) is 0 Å². The fraction of sp³-hybridized carbons (Fsp3) is 0.130. The number of benzene rings is 3. The average molecular weight is 439 g/mol. The summed E-state index contributed by atoms with van der Waals surface area (Å²) < 4.78 is 13.3. The van der Waals surface area contributed by atoms with Gasteiger partial charge in [0.2, 0.25) is 10.8 Å². The first-order chi connectivity index (χ1) is 14.5.